The van der Waals surface area contributed by atoms with Crippen molar-refractivity contribution in [3.63, 3.8) is 0 Å². The van der Waals surface area contributed by atoms with E-state index in [1.165, 1.54) is 25.3 Å². The summed E-state index contributed by atoms with van der Waals surface area (Å²) in [5, 5.41) is 6.22. The van der Waals surface area contributed by atoms with Gasteiger partial charge in [-0.2, -0.15) is 0 Å². The Balaban J connectivity index is 1.90. The van der Waals surface area contributed by atoms with Gasteiger partial charge in [-0.3, -0.25) is 4.79 Å². The van der Waals surface area contributed by atoms with E-state index in [2.05, 4.69) is 22.8 Å². The van der Waals surface area contributed by atoms with E-state index in [0.29, 0.717) is 0 Å². The highest BCUT2D eigenvalue weighted by Gasteiger charge is 2.13. The van der Waals surface area contributed by atoms with Crippen molar-refractivity contribution in [3.8, 4) is 0 Å². The van der Waals surface area contributed by atoms with Crippen molar-refractivity contribution < 1.29 is 4.79 Å². The van der Waals surface area contributed by atoms with Gasteiger partial charge >= 0.3 is 0 Å². The first kappa shape index (κ1) is 12.1. The Morgan fingerprint density at radius 2 is 2.18 bits per heavy atom. The minimum absolute atomic E-state index is 0.0192. The lowest BCUT2D eigenvalue weighted by Crippen LogP contribution is -2.30. The number of anilines is 1. The quantitative estimate of drug-likeness (QED) is 0.838. The molecule has 0 aliphatic carbocycles. The van der Waals surface area contributed by atoms with Crippen LogP contribution in [0.1, 0.15) is 25.3 Å². The number of rotatable bonds is 3. The van der Waals surface area contributed by atoms with E-state index in [-0.39, 0.29) is 5.91 Å². The summed E-state index contributed by atoms with van der Waals surface area (Å²) >= 11 is 0. The fraction of sp³-hybridized carbons (Fsp3) is 0.500. The molecule has 2 rings (SSSR count). The summed E-state index contributed by atoms with van der Waals surface area (Å²) in [5.41, 5.74) is 2.23. The van der Waals surface area contributed by atoms with Crippen molar-refractivity contribution in [2.24, 2.45) is 5.92 Å². The SMILES string of the molecule is CC(=O)Nc1ccc(CC2CCCNC2)cc1. The van der Waals surface area contributed by atoms with Crippen LogP contribution < -0.4 is 10.6 Å². The highest BCUT2D eigenvalue weighted by molar-refractivity contribution is 5.88. The first-order valence-corrected chi connectivity index (χ1v) is 6.31. The number of hydrogen-bond donors (Lipinski definition) is 2. The molecular formula is C14H20N2O. The summed E-state index contributed by atoms with van der Waals surface area (Å²) in [6, 6.07) is 8.18. The molecule has 1 atom stereocenters. The molecule has 1 saturated heterocycles. The Morgan fingerprint density at radius 1 is 1.41 bits per heavy atom. The number of amides is 1. The summed E-state index contributed by atoms with van der Waals surface area (Å²) < 4.78 is 0. The molecule has 1 unspecified atom stereocenters. The maximum absolute atomic E-state index is 10.9. The van der Waals surface area contributed by atoms with Crippen LogP contribution in [0.5, 0.6) is 0 Å². The fourth-order valence-corrected chi connectivity index (χ4v) is 2.36. The second kappa shape index (κ2) is 5.82. The molecule has 0 radical (unpaired) electrons. The van der Waals surface area contributed by atoms with Crippen LogP contribution in [0.4, 0.5) is 5.69 Å². The van der Waals surface area contributed by atoms with E-state index < -0.39 is 0 Å². The van der Waals surface area contributed by atoms with Crippen LogP contribution in [-0.2, 0) is 11.2 Å². The van der Waals surface area contributed by atoms with Crippen molar-refractivity contribution in [2.45, 2.75) is 26.2 Å². The molecule has 0 bridgehead atoms. The van der Waals surface area contributed by atoms with Gasteiger partial charge in [0.25, 0.3) is 0 Å². The van der Waals surface area contributed by atoms with Gasteiger partial charge in [0.05, 0.1) is 0 Å². The molecule has 3 nitrogen and oxygen atoms in total. The number of benzene rings is 1. The molecule has 1 amide bonds. The van der Waals surface area contributed by atoms with Crippen LogP contribution in [0.15, 0.2) is 24.3 Å². The Kier molecular flexibility index (Phi) is 4.15. The maximum Gasteiger partial charge on any atom is 0.221 e. The molecule has 1 aromatic rings. The third-order valence-electron chi connectivity index (χ3n) is 3.20. The lowest BCUT2D eigenvalue weighted by Gasteiger charge is -2.22. The summed E-state index contributed by atoms with van der Waals surface area (Å²) in [7, 11) is 0. The van der Waals surface area contributed by atoms with Crippen molar-refractivity contribution in [3.05, 3.63) is 29.8 Å². The normalized spacial score (nSPS) is 19.9. The van der Waals surface area contributed by atoms with Gasteiger partial charge in [0, 0.05) is 12.6 Å². The lowest BCUT2D eigenvalue weighted by atomic mass is 9.92. The number of piperidine rings is 1. The van der Waals surface area contributed by atoms with Gasteiger partial charge in [-0.1, -0.05) is 12.1 Å². The average molecular weight is 232 g/mol. The number of hydrogen-bond acceptors (Lipinski definition) is 2. The standard InChI is InChI=1S/C14H20N2O/c1-11(17)16-14-6-4-12(5-7-14)9-13-3-2-8-15-10-13/h4-7,13,15H,2-3,8-10H2,1H3,(H,16,17). The van der Waals surface area contributed by atoms with Crippen LogP contribution in [-0.4, -0.2) is 19.0 Å². The number of carbonyl (C=O) groups is 1. The van der Waals surface area contributed by atoms with Crippen LogP contribution in [0.3, 0.4) is 0 Å². The third kappa shape index (κ3) is 3.86. The molecule has 92 valence electrons. The summed E-state index contributed by atoms with van der Waals surface area (Å²) in [4.78, 5) is 10.9. The number of carbonyl (C=O) groups excluding carboxylic acids is 1. The van der Waals surface area contributed by atoms with Gasteiger partial charge in [-0.05, 0) is 56.0 Å². The Hall–Kier alpha value is -1.35. The largest absolute Gasteiger partial charge is 0.326 e. The molecule has 17 heavy (non-hydrogen) atoms. The molecule has 0 spiro atoms. The molecule has 1 fully saturated rings. The van der Waals surface area contributed by atoms with E-state index >= 15 is 0 Å². The zero-order valence-electron chi connectivity index (χ0n) is 10.3. The lowest BCUT2D eigenvalue weighted by molar-refractivity contribution is -0.114. The van der Waals surface area contributed by atoms with Gasteiger partial charge in [0.15, 0.2) is 0 Å². The zero-order chi connectivity index (χ0) is 12.1. The molecule has 1 aliphatic heterocycles. The smallest absolute Gasteiger partial charge is 0.221 e. The van der Waals surface area contributed by atoms with Crippen LogP contribution >= 0.6 is 0 Å². The first-order valence-electron chi connectivity index (χ1n) is 6.31. The minimum Gasteiger partial charge on any atom is -0.326 e. The molecule has 1 aromatic carbocycles. The molecule has 0 aromatic heterocycles. The Bertz CT molecular complexity index is 366. The molecule has 1 aliphatic rings. The molecule has 2 N–H and O–H groups in total. The highest BCUT2D eigenvalue weighted by Crippen LogP contribution is 2.18. The Morgan fingerprint density at radius 3 is 2.76 bits per heavy atom. The average Bonchev–Trinajstić information content (AvgIpc) is 2.32. The molecule has 3 heteroatoms. The van der Waals surface area contributed by atoms with Crippen LogP contribution in [0, 0.1) is 5.92 Å². The van der Waals surface area contributed by atoms with Crippen molar-refractivity contribution in [1.29, 1.82) is 0 Å². The molecular weight excluding hydrogens is 212 g/mol. The second-order valence-corrected chi connectivity index (χ2v) is 4.79. The Labute approximate surface area is 103 Å². The topological polar surface area (TPSA) is 41.1 Å². The predicted molar refractivity (Wildman–Crippen MR) is 70.0 cm³/mol. The molecule has 1 heterocycles. The summed E-state index contributed by atoms with van der Waals surface area (Å²) in [5.74, 6) is 0.740. The van der Waals surface area contributed by atoms with Gasteiger partial charge in [0.1, 0.15) is 0 Å². The van der Waals surface area contributed by atoms with Gasteiger partial charge in [-0.15, -0.1) is 0 Å². The third-order valence-corrected chi connectivity index (χ3v) is 3.20. The van der Waals surface area contributed by atoms with E-state index in [4.69, 9.17) is 0 Å². The predicted octanol–water partition coefficient (Wildman–Crippen LogP) is 2.19. The fourth-order valence-electron chi connectivity index (χ4n) is 2.36. The summed E-state index contributed by atoms with van der Waals surface area (Å²) in [6.07, 6.45) is 3.74. The van der Waals surface area contributed by atoms with Crippen molar-refractivity contribution in [2.75, 3.05) is 18.4 Å². The molecule has 0 saturated carbocycles. The highest BCUT2D eigenvalue weighted by atomic mass is 16.1. The maximum atomic E-state index is 10.9. The zero-order valence-corrected chi connectivity index (χ0v) is 10.3. The van der Waals surface area contributed by atoms with E-state index in [1.807, 2.05) is 12.1 Å². The van der Waals surface area contributed by atoms with E-state index in [0.717, 1.165) is 31.1 Å². The van der Waals surface area contributed by atoms with Gasteiger partial charge < -0.3 is 10.6 Å². The van der Waals surface area contributed by atoms with E-state index in [9.17, 15) is 4.79 Å². The van der Waals surface area contributed by atoms with Crippen LogP contribution in [0.2, 0.25) is 0 Å². The van der Waals surface area contributed by atoms with E-state index in [1.54, 1.807) is 0 Å². The van der Waals surface area contributed by atoms with Crippen molar-refractivity contribution in [1.82, 2.24) is 5.32 Å². The van der Waals surface area contributed by atoms with Gasteiger partial charge in [0.2, 0.25) is 5.91 Å². The first-order chi connectivity index (χ1) is 8.24. The number of nitrogens with one attached hydrogen (secondary N) is 2. The van der Waals surface area contributed by atoms with Crippen LogP contribution in [0.25, 0.3) is 0 Å². The monoisotopic (exact) mass is 232 g/mol. The van der Waals surface area contributed by atoms with Gasteiger partial charge in [-0.25, -0.2) is 0 Å². The van der Waals surface area contributed by atoms with Crippen molar-refractivity contribution >= 4 is 11.6 Å². The second-order valence-electron chi connectivity index (χ2n) is 4.79. The minimum atomic E-state index is -0.0192. The summed E-state index contributed by atoms with van der Waals surface area (Å²) in [6.45, 7) is 3.83.